The van der Waals surface area contributed by atoms with Crippen LogP contribution in [0.25, 0.3) is 0 Å². The second kappa shape index (κ2) is 11.9. The van der Waals surface area contributed by atoms with Crippen LogP contribution < -0.4 is 21.1 Å². The SMILES string of the molecule is N=C(N)C(NC(=O)CC(NS(=O)(=O)c1ccc(I)cc1)c1ccc([N+](=O)[O-])cc1)C1CCCNC1. The van der Waals surface area contributed by atoms with Gasteiger partial charge in [0.15, 0.2) is 0 Å². The van der Waals surface area contributed by atoms with E-state index in [-0.39, 0.29) is 28.8 Å². The van der Waals surface area contributed by atoms with E-state index in [2.05, 4.69) is 37.9 Å². The Morgan fingerprint density at radius 3 is 2.43 bits per heavy atom. The van der Waals surface area contributed by atoms with Crippen molar-refractivity contribution in [1.82, 2.24) is 15.4 Å². The summed E-state index contributed by atoms with van der Waals surface area (Å²) in [5, 5.41) is 25.0. The number of hydrogen-bond donors (Lipinski definition) is 5. The molecule has 0 radical (unpaired) electrons. The van der Waals surface area contributed by atoms with Crippen LogP contribution in [0.5, 0.6) is 0 Å². The van der Waals surface area contributed by atoms with E-state index in [0.717, 1.165) is 23.0 Å². The van der Waals surface area contributed by atoms with E-state index in [1.54, 1.807) is 12.1 Å². The van der Waals surface area contributed by atoms with Gasteiger partial charge in [-0.3, -0.25) is 20.3 Å². The third-order valence-corrected chi connectivity index (χ3v) is 7.98. The number of carbonyl (C=O) groups is 1. The van der Waals surface area contributed by atoms with Gasteiger partial charge in [-0.05, 0) is 77.7 Å². The molecule has 2 aromatic carbocycles. The van der Waals surface area contributed by atoms with Crippen molar-refractivity contribution >= 4 is 50.0 Å². The third kappa shape index (κ3) is 7.43. The molecule has 0 saturated carbocycles. The fourth-order valence-corrected chi connectivity index (χ4v) is 5.54. The van der Waals surface area contributed by atoms with E-state index in [1.807, 2.05) is 0 Å². The lowest BCUT2D eigenvalue weighted by Gasteiger charge is -2.31. The molecule has 3 unspecified atom stereocenters. The van der Waals surface area contributed by atoms with Gasteiger partial charge in [0.2, 0.25) is 15.9 Å². The van der Waals surface area contributed by atoms with Crippen molar-refractivity contribution in [2.45, 2.75) is 36.2 Å². The maximum Gasteiger partial charge on any atom is 0.269 e. The zero-order valence-electron chi connectivity index (χ0n) is 18.7. The Morgan fingerprint density at radius 2 is 1.89 bits per heavy atom. The molecule has 0 bridgehead atoms. The molecule has 35 heavy (non-hydrogen) atoms. The summed E-state index contributed by atoms with van der Waals surface area (Å²) in [5.41, 5.74) is 5.99. The molecule has 1 aliphatic heterocycles. The Balaban J connectivity index is 1.84. The molecular formula is C22H27IN6O5S. The summed E-state index contributed by atoms with van der Waals surface area (Å²) in [6, 6.07) is 9.88. The largest absolute Gasteiger partial charge is 0.386 e. The Hall–Kier alpha value is -2.62. The number of hydrogen-bond acceptors (Lipinski definition) is 7. The summed E-state index contributed by atoms with van der Waals surface area (Å²) >= 11 is 2.06. The number of nitrogens with two attached hydrogens (primary N) is 1. The number of nitro benzene ring substituents is 1. The number of amidine groups is 1. The maximum atomic E-state index is 13.0. The quantitative estimate of drug-likeness (QED) is 0.0893. The molecule has 1 amide bonds. The number of carbonyl (C=O) groups excluding carboxylic acids is 1. The molecule has 2 aromatic rings. The molecule has 3 atom stereocenters. The minimum absolute atomic E-state index is 0.0279. The highest BCUT2D eigenvalue weighted by Gasteiger charge is 2.30. The Bertz CT molecular complexity index is 1170. The first-order valence-electron chi connectivity index (χ1n) is 10.9. The summed E-state index contributed by atoms with van der Waals surface area (Å²) in [5.74, 6) is -0.714. The lowest BCUT2D eigenvalue weighted by Crippen LogP contribution is -2.53. The number of amides is 1. The summed E-state index contributed by atoms with van der Waals surface area (Å²) in [4.78, 5) is 23.5. The summed E-state index contributed by atoms with van der Waals surface area (Å²) < 4.78 is 29.5. The predicted molar refractivity (Wildman–Crippen MR) is 139 cm³/mol. The van der Waals surface area contributed by atoms with Crippen LogP contribution >= 0.6 is 22.6 Å². The van der Waals surface area contributed by atoms with Crippen molar-refractivity contribution in [3.8, 4) is 0 Å². The minimum Gasteiger partial charge on any atom is -0.386 e. The van der Waals surface area contributed by atoms with Crippen LogP contribution in [0.15, 0.2) is 53.4 Å². The van der Waals surface area contributed by atoms with E-state index in [9.17, 15) is 23.3 Å². The van der Waals surface area contributed by atoms with Crippen molar-refractivity contribution in [2.75, 3.05) is 13.1 Å². The number of rotatable bonds is 10. The molecule has 13 heteroatoms. The molecule has 11 nitrogen and oxygen atoms in total. The molecule has 0 aliphatic carbocycles. The molecule has 1 heterocycles. The molecule has 0 spiro atoms. The number of non-ortho nitro benzene ring substituents is 1. The highest BCUT2D eigenvalue weighted by atomic mass is 127. The predicted octanol–water partition coefficient (Wildman–Crippen LogP) is 2.03. The number of nitro groups is 1. The van der Waals surface area contributed by atoms with E-state index in [0.29, 0.717) is 12.1 Å². The maximum absolute atomic E-state index is 13.0. The fourth-order valence-electron chi connectivity index (χ4n) is 3.96. The van der Waals surface area contributed by atoms with Crippen LogP contribution in [0.2, 0.25) is 0 Å². The van der Waals surface area contributed by atoms with E-state index >= 15 is 0 Å². The van der Waals surface area contributed by atoms with Crippen LogP contribution in [-0.2, 0) is 14.8 Å². The number of sulfonamides is 1. The standard InChI is InChI=1S/C22H27IN6O5S/c23-16-5-9-18(10-6-16)35(33,34)28-19(14-3-7-17(8-4-14)29(31)32)12-20(30)27-21(22(24)25)15-2-1-11-26-13-15/h3-10,15,19,21,26,28H,1-2,11-13H2,(H3,24,25)(H,27,30). The highest BCUT2D eigenvalue weighted by molar-refractivity contribution is 14.1. The van der Waals surface area contributed by atoms with Gasteiger partial charge < -0.3 is 16.4 Å². The third-order valence-electron chi connectivity index (χ3n) is 5.78. The summed E-state index contributed by atoms with van der Waals surface area (Å²) in [6.07, 6.45) is 1.40. The molecule has 1 fully saturated rings. The smallest absolute Gasteiger partial charge is 0.269 e. The van der Waals surface area contributed by atoms with Gasteiger partial charge in [0.05, 0.1) is 21.9 Å². The Kier molecular flexibility index (Phi) is 9.15. The van der Waals surface area contributed by atoms with E-state index in [4.69, 9.17) is 11.1 Å². The van der Waals surface area contributed by atoms with Crippen molar-refractivity contribution in [1.29, 1.82) is 5.41 Å². The minimum atomic E-state index is -4.01. The molecule has 188 valence electrons. The van der Waals surface area contributed by atoms with Crippen molar-refractivity contribution in [3.05, 3.63) is 67.8 Å². The zero-order valence-corrected chi connectivity index (χ0v) is 21.7. The molecule has 3 rings (SSSR count). The van der Waals surface area contributed by atoms with Gasteiger partial charge in [-0.15, -0.1) is 0 Å². The Labute approximate surface area is 217 Å². The Morgan fingerprint density at radius 1 is 1.23 bits per heavy atom. The fraction of sp³-hybridized carbons (Fsp3) is 0.364. The van der Waals surface area contributed by atoms with Crippen LogP contribution in [-0.4, -0.2) is 44.2 Å². The zero-order chi connectivity index (χ0) is 25.6. The molecule has 0 aromatic heterocycles. The number of halogens is 1. The number of nitrogens with one attached hydrogen (secondary N) is 4. The summed E-state index contributed by atoms with van der Waals surface area (Å²) in [6.45, 7) is 1.47. The second-order valence-electron chi connectivity index (χ2n) is 8.29. The average molecular weight is 614 g/mol. The van der Waals surface area contributed by atoms with Crippen LogP contribution in [0.3, 0.4) is 0 Å². The van der Waals surface area contributed by atoms with Gasteiger partial charge in [0.25, 0.3) is 5.69 Å². The van der Waals surface area contributed by atoms with Crippen molar-refractivity contribution < 1.29 is 18.1 Å². The molecule has 1 aliphatic rings. The van der Waals surface area contributed by atoms with Crippen LogP contribution in [0.1, 0.15) is 30.9 Å². The van der Waals surface area contributed by atoms with Gasteiger partial charge in [0.1, 0.15) is 5.84 Å². The average Bonchev–Trinajstić information content (AvgIpc) is 2.82. The van der Waals surface area contributed by atoms with Gasteiger partial charge in [-0.25, -0.2) is 13.1 Å². The van der Waals surface area contributed by atoms with Crippen molar-refractivity contribution in [3.63, 3.8) is 0 Å². The molecule has 1 saturated heterocycles. The lowest BCUT2D eigenvalue weighted by atomic mass is 9.90. The molecular weight excluding hydrogens is 587 g/mol. The van der Waals surface area contributed by atoms with E-state index in [1.165, 1.54) is 36.4 Å². The van der Waals surface area contributed by atoms with Gasteiger partial charge in [-0.2, -0.15) is 0 Å². The van der Waals surface area contributed by atoms with Gasteiger partial charge in [-0.1, -0.05) is 12.1 Å². The normalized spacial score (nSPS) is 17.8. The van der Waals surface area contributed by atoms with E-state index < -0.39 is 32.9 Å². The highest BCUT2D eigenvalue weighted by Crippen LogP contribution is 2.24. The lowest BCUT2D eigenvalue weighted by molar-refractivity contribution is -0.384. The first-order valence-corrected chi connectivity index (χ1v) is 13.5. The number of benzene rings is 2. The number of nitrogens with zero attached hydrogens (tertiary/aromatic N) is 1. The second-order valence-corrected chi connectivity index (χ2v) is 11.2. The van der Waals surface area contributed by atoms with Gasteiger partial charge >= 0.3 is 0 Å². The summed E-state index contributed by atoms with van der Waals surface area (Å²) in [7, 11) is -4.01. The van der Waals surface area contributed by atoms with Crippen LogP contribution in [0.4, 0.5) is 5.69 Å². The number of piperidine rings is 1. The topological polar surface area (TPSA) is 180 Å². The van der Waals surface area contributed by atoms with Crippen molar-refractivity contribution in [2.24, 2.45) is 11.7 Å². The first kappa shape index (κ1) is 27.0. The van der Waals surface area contributed by atoms with Gasteiger partial charge in [0, 0.05) is 28.7 Å². The first-order chi connectivity index (χ1) is 16.6. The van der Waals surface area contributed by atoms with Crippen LogP contribution in [0, 0.1) is 25.0 Å². The monoisotopic (exact) mass is 614 g/mol. The molecule has 6 N–H and O–H groups in total.